The van der Waals surface area contributed by atoms with Gasteiger partial charge in [-0.2, -0.15) is 0 Å². The molecule has 0 unspecified atom stereocenters. The number of carboxylic acids is 1. The molecule has 0 aliphatic heterocycles. The summed E-state index contributed by atoms with van der Waals surface area (Å²) in [7, 11) is -3.42. The molecule has 2 aromatic rings. The molecule has 19 heavy (non-hydrogen) atoms. The van der Waals surface area contributed by atoms with Crippen LogP contribution in [0.5, 0.6) is 0 Å². The van der Waals surface area contributed by atoms with Gasteiger partial charge in [-0.25, -0.2) is 13.2 Å². The summed E-state index contributed by atoms with van der Waals surface area (Å²) in [4.78, 5) is 10.7. The van der Waals surface area contributed by atoms with Gasteiger partial charge in [0.05, 0.1) is 4.90 Å². The van der Waals surface area contributed by atoms with Gasteiger partial charge < -0.3 is 9.63 Å². The standard InChI is InChI=1S/C11H8ClNO5S/c1-19(16,17)8-3-6(2-7(12)4-8)9-5-10(11(14)15)18-13-9/h2-5H,1H3,(H,14,15). The molecule has 0 saturated heterocycles. The second kappa shape index (κ2) is 4.67. The minimum atomic E-state index is -3.42. The molecule has 0 saturated carbocycles. The number of nitrogens with zero attached hydrogens (tertiary/aromatic N) is 1. The Hall–Kier alpha value is -1.86. The summed E-state index contributed by atoms with van der Waals surface area (Å²) >= 11 is 5.84. The van der Waals surface area contributed by atoms with Gasteiger partial charge in [-0.1, -0.05) is 16.8 Å². The minimum Gasteiger partial charge on any atom is -0.475 e. The maximum Gasteiger partial charge on any atom is 0.374 e. The van der Waals surface area contributed by atoms with Gasteiger partial charge in [0.25, 0.3) is 0 Å². The molecular formula is C11H8ClNO5S. The average Bonchev–Trinajstić information content (AvgIpc) is 2.76. The monoisotopic (exact) mass is 301 g/mol. The topological polar surface area (TPSA) is 97.5 Å². The van der Waals surface area contributed by atoms with Crippen LogP contribution in [0.25, 0.3) is 11.3 Å². The fraction of sp³-hybridized carbons (Fsp3) is 0.0909. The molecule has 2 rings (SSSR count). The van der Waals surface area contributed by atoms with Gasteiger partial charge in [-0.15, -0.1) is 0 Å². The van der Waals surface area contributed by atoms with Crippen LogP contribution >= 0.6 is 11.6 Å². The number of aromatic nitrogens is 1. The Morgan fingerprint density at radius 3 is 2.53 bits per heavy atom. The minimum absolute atomic E-state index is 0.0230. The number of benzene rings is 1. The van der Waals surface area contributed by atoms with Crippen molar-refractivity contribution in [1.29, 1.82) is 0 Å². The van der Waals surface area contributed by atoms with E-state index < -0.39 is 15.8 Å². The maximum absolute atomic E-state index is 11.5. The van der Waals surface area contributed by atoms with Gasteiger partial charge in [0.2, 0.25) is 5.76 Å². The highest BCUT2D eigenvalue weighted by Gasteiger charge is 2.15. The van der Waals surface area contributed by atoms with Crippen LogP contribution in [-0.4, -0.2) is 30.9 Å². The third kappa shape index (κ3) is 2.94. The number of rotatable bonds is 3. The van der Waals surface area contributed by atoms with Crippen molar-refractivity contribution in [2.24, 2.45) is 0 Å². The first kappa shape index (κ1) is 13.6. The molecule has 100 valence electrons. The highest BCUT2D eigenvalue weighted by Crippen LogP contribution is 2.26. The molecule has 0 aliphatic carbocycles. The smallest absolute Gasteiger partial charge is 0.374 e. The van der Waals surface area contributed by atoms with E-state index in [-0.39, 0.29) is 21.4 Å². The third-order valence-corrected chi connectivity index (χ3v) is 3.63. The lowest BCUT2D eigenvalue weighted by atomic mass is 10.1. The zero-order valence-electron chi connectivity index (χ0n) is 9.62. The summed E-state index contributed by atoms with van der Waals surface area (Å²) in [6, 6.07) is 5.32. The summed E-state index contributed by atoms with van der Waals surface area (Å²) in [5.74, 6) is -1.60. The van der Waals surface area contributed by atoms with E-state index in [4.69, 9.17) is 16.7 Å². The molecule has 1 aromatic carbocycles. The zero-order valence-corrected chi connectivity index (χ0v) is 11.2. The SMILES string of the molecule is CS(=O)(=O)c1cc(Cl)cc(-c2cc(C(=O)O)on2)c1. The molecule has 0 bridgehead atoms. The number of carboxylic acid groups (broad SMARTS) is 1. The number of carbonyl (C=O) groups is 1. The average molecular weight is 302 g/mol. The number of sulfone groups is 1. The van der Waals surface area contributed by atoms with E-state index in [1.807, 2.05) is 0 Å². The number of halogens is 1. The Labute approximate surface area is 113 Å². The summed E-state index contributed by atoms with van der Waals surface area (Å²) in [6.45, 7) is 0. The highest BCUT2D eigenvalue weighted by atomic mass is 35.5. The predicted octanol–water partition coefficient (Wildman–Crippen LogP) is 2.10. The van der Waals surface area contributed by atoms with E-state index in [1.165, 1.54) is 24.3 Å². The van der Waals surface area contributed by atoms with Crippen LogP contribution in [0.3, 0.4) is 0 Å². The molecule has 6 nitrogen and oxygen atoms in total. The molecule has 1 N–H and O–H groups in total. The van der Waals surface area contributed by atoms with Gasteiger partial charge >= 0.3 is 5.97 Å². The van der Waals surface area contributed by atoms with Gasteiger partial charge in [0.15, 0.2) is 9.84 Å². The second-order valence-corrected chi connectivity index (χ2v) is 6.28. The zero-order chi connectivity index (χ0) is 14.2. The summed E-state index contributed by atoms with van der Waals surface area (Å²) in [5.41, 5.74) is 0.564. The molecule has 0 fully saturated rings. The van der Waals surface area contributed by atoms with Crippen LogP contribution in [-0.2, 0) is 9.84 Å². The van der Waals surface area contributed by atoms with Crippen LogP contribution in [0.4, 0.5) is 0 Å². The third-order valence-electron chi connectivity index (χ3n) is 2.32. The number of hydrogen-bond donors (Lipinski definition) is 1. The van der Waals surface area contributed by atoms with Crippen molar-refractivity contribution >= 4 is 27.4 Å². The predicted molar refractivity (Wildman–Crippen MR) is 67.0 cm³/mol. The van der Waals surface area contributed by atoms with Crippen molar-refractivity contribution < 1.29 is 22.8 Å². The molecule has 8 heteroatoms. The van der Waals surface area contributed by atoms with Crippen molar-refractivity contribution in [2.45, 2.75) is 4.90 Å². The first-order valence-electron chi connectivity index (χ1n) is 4.98. The lowest BCUT2D eigenvalue weighted by Gasteiger charge is -2.02. The molecule has 1 aromatic heterocycles. The summed E-state index contributed by atoms with van der Waals surface area (Å²) < 4.78 is 27.6. The molecule has 1 heterocycles. The van der Waals surface area contributed by atoms with E-state index >= 15 is 0 Å². The number of aromatic carboxylic acids is 1. The van der Waals surface area contributed by atoms with Crippen molar-refractivity contribution in [3.63, 3.8) is 0 Å². The van der Waals surface area contributed by atoms with Crippen LogP contribution < -0.4 is 0 Å². The molecule has 0 spiro atoms. The van der Waals surface area contributed by atoms with Gasteiger partial charge in [0.1, 0.15) is 5.69 Å². The van der Waals surface area contributed by atoms with Crippen LogP contribution in [0.1, 0.15) is 10.6 Å². The van der Waals surface area contributed by atoms with Gasteiger partial charge in [-0.3, -0.25) is 0 Å². The first-order valence-corrected chi connectivity index (χ1v) is 7.25. The van der Waals surface area contributed by atoms with E-state index in [0.717, 1.165) is 6.26 Å². The van der Waals surface area contributed by atoms with E-state index in [9.17, 15) is 13.2 Å². The first-order chi connectivity index (χ1) is 8.77. The van der Waals surface area contributed by atoms with Crippen LogP contribution in [0.2, 0.25) is 5.02 Å². The van der Waals surface area contributed by atoms with E-state index in [0.29, 0.717) is 5.56 Å². The van der Waals surface area contributed by atoms with E-state index in [1.54, 1.807) is 0 Å². The Balaban J connectivity index is 2.56. The highest BCUT2D eigenvalue weighted by molar-refractivity contribution is 7.90. The van der Waals surface area contributed by atoms with Gasteiger partial charge in [0, 0.05) is 22.9 Å². The lowest BCUT2D eigenvalue weighted by molar-refractivity contribution is 0.0652. The Morgan fingerprint density at radius 1 is 1.32 bits per heavy atom. The second-order valence-electron chi connectivity index (χ2n) is 3.83. The molecular weight excluding hydrogens is 294 g/mol. The molecule has 0 atom stereocenters. The Bertz CT molecular complexity index is 750. The van der Waals surface area contributed by atoms with Crippen molar-refractivity contribution in [3.05, 3.63) is 35.0 Å². The Kier molecular flexibility index (Phi) is 3.34. The van der Waals surface area contributed by atoms with Crippen LogP contribution in [0, 0.1) is 0 Å². The largest absolute Gasteiger partial charge is 0.475 e. The normalized spacial score (nSPS) is 11.5. The van der Waals surface area contributed by atoms with Crippen LogP contribution in [0.15, 0.2) is 33.7 Å². The lowest BCUT2D eigenvalue weighted by Crippen LogP contribution is -1.97. The van der Waals surface area contributed by atoms with Crippen molar-refractivity contribution in [3.8, 4) is 11.3 Å². The number of hydrogen-bond acceptors (Lipinski definition) is 5. The fourth-order valence-electron chi connectivity index (χ4n) is 1.44. The maximum atomic E-state index is 11.5. The molecule has 0 aliphatic rings. The fourth-order valence-corrected chi connectivity index (χ4v) is 2.42. The van der Waals surface area contributed by atoms with Gasteiger partial charge in [-0.05, 0) is 18.2 Å². The Morgan fingerprint density at radius 2 is 2.00 bits per heavy atom. The molecule has 0 radical (unpaired) electrons. The summed E-state index contributed by atoms with van der Waals surface area (Å²) in [6.07, 6.45) is 1.05. The van der Waals surface area contributed by atoms with Crippen molar-refractivity contribution in [2.75, 3.05) is 6.26 Å². The summed E-state index contributed by atoms with van der Waals surface area (Å²) in [5, 5.41) is 12.5. The quantitative estimate of drug-likeness (QED) is 0.932. The van der Waals surface area contributed by atoms with Crippen molar-refractivity contribution in [1.82, 2.24) is 5.16 Å². The molecule has 0 amide bonds. The van der Waals surface area contributed by atoms with E-state index in [2.05, 4.69) is 9.68 Å².